The molecule has 0 atom stereocenters. The zero-order valence-electron chi connectivity index (χ0n) is 8.86. The van der Waals surface area contributed by atoms with Crippen molar-refractivity contribution in [3.63, 3.8) is 0 Å². The summed E-state index contributed by atoms with van der Waals surface area (Å²) in [5.41, 5.74) is 1.52. The third-order valence-electron chi connectivity index (χ3n) is 2.76. The van der Waals surface area contributed by atoms with E-state index in [0.717, 1.165) is 5.88 Å². The molecule has 74 valence electrons. The van der Waals surface area contributed by atoms with Crippen LogP contribution in [0.15, 0.2) is 22.9 Å². The normalized spacial score (nSPS) is 17.2. The van der Waals surface area contributed by atoms with E-state index in [1.165, 1.54) is 24.5 Å². The van der Waals surface area contributed by atoms with Crippen molar-refractivity contribution in [3.05, 3.63) is 22.9 Å². The van der Waals surface area contributed by atoms with Crippen LogP contribution in [0.4, 0.5) is 0 Å². The smallest absolute Gasteiger partial charge is 0.0802 e. The van der Waals surface area contributed by atoms with Gasteiger partial charge in [-0.2, -0.15) is 0 Å². The van der Waals surface area contributed by atoms with E-state index in [9.17, 15) is 0 Å². The maximum atomic E-state index is 5.73. The third kappa shape index (κ3) is 2.99. The van der Waals surface area contributed by atoms with E-state index < -0.39 is 8.07 Å². The van der Waals surface area contributed by atoms with Gasteiger partial charge in [-0.3, -0.25) is 0 Å². The van der Waals surface area contributed by atoms with Crippen LogP contribution in [-0.2, 0) is 0 Å². The number of allylic oxidation sites excluding steroid dienone is 4. The second-order valence-electron chi connectivity index (χ2n) is 4.53. The zero-order chi connectivity index (χ0) is 9.90. The average molecular weight is 215 g/mol. The monoisotopic (exact) mass is 214 g/mol. The van der Waals surface area contributed by atoms with Crippen LogP contribution in [0.1, 0.15) is 19.8 Å². The lowest BCUT2D eigenvalue weighted by molar-refractivity contribution is 1.06. The van der Waals surface area contributed by atoms with Gasteiger partial charge in [0.15, 0.2) is 0 Å². The van der Waals surface area contributed by atoms with E-state index in [1.807, 2.05) is 0 Å². The number of halogens is 1. The number of hydrogen-bond donors (Lipinski definition) is 0. The summed E-state index contributed by atoms with van der Waals surface area (Å²) in [6.07, 6.45) is 7.15. The van der Waals surface area contributed by atoms with Crippen LogP contribution in [0.25, 0.3) is 0 Å². The molecule has 0 aromatic carbocycles. The maximum absolute atomic E-state index is 5.73. The largest absolute Gasteiger partial charge is 0.127 e. The molecule has 0 radical (unpaired) electrons. The van der Waals surface area contributed by atoms with Crippen molar-refractivity contribution >= 4 is 19.7 Å². The minimum absolute atomic E-state index is 0.812. The summed E-state index contributed by atoms with van der Waals surface area (Å²) < 4.78 is 0. The minimum atomic E-state index is -1.13. The molecular formula is C11H19ClSi. The molecule has 0 aliphatic heterocycles. The molecule has 1 rings (SSSR count). The molecule has 0 bridgehead atoms. The van der Waals surface area contributed by atoms with Crippen molar-refractivity contribution in [2.75, 3.05) is 5.88 Å². The van der Waals surface area contributed by atoms with Gasteiger partial charge in [-0.25, -0.2) is 0 Å². The van der Waals surface area contributed by atoms with Crippen molar-refractivity contribution in [1.82, 2.24) is 0 Å². The van der Waals surface area contributed by atoms with Gasteiger partial charge < -0.3 is 0 Å². The Morgan fingerprint density at radius 2 is 2.15 bits per heavy atom. The van der Waals surface area contributed by atoms with Gasteiger partial charge in [0.25, 0.3) is 0 Å². The fourth-order valence-electron chi connectivity index (χ4n) is 1.78. The molecule has 0 aromatic heterocycles. The molecule has 0 N–H and O–H groups in total. The Morgan fingerprint density at radius 1 is 1.46 bits per heavy atom. The van der Waals surface area contributed by atoms with Crippen molar-refractivity contribution < 1.29 is 0 Å². The number of rotatable bonds is 4. The lowest BCUT2D eigenvalue weighted by atomic mass is 10.3. The Balaban J connectivity index is 2.59. The standard InChI is InChI=1S/C11H19ClSi/c1-10-5-6-11(9-10)13(2,3)8-4-7-12/h6,9H,4-5,7-8H2,1-3H3. The first-order valence-electron chi connectivity index (χ1n) is 5.00. The number of alkyl halides is 1. The van der Waals surface area contributed by atoms with Crippen LogP contribution in [0, 0.1) is 0 Å². The average Bonchev–Trinajstić information content (AvgIpc) is 2.49. The van der Waals surface area contributed by atoms with E-state index >= 15 is 0 Å². The highest BCUT2D eigenvalue weighted by Gasteiger charge is 2.25. The molecule has 0 aromatic rings. The summed E-state index contributed by atoms with van der Waals surface area (Å²) in [5, 5.41) is 1.63. The molecule has 13 heavy (non-hydrogen) atoms. The van der Waals surface area contributed by atoms with Crippen LogP contribution < -0.4 is 0 Å². The van der Waals surface area contributed by atoms with Crippen molar-refractivity contribution in [3.8, 4) is 0 Å². The van der Waals surface area contributed by atoms with Crippen molar-refractivity contribution in [2.45, 2.75) is 38.9 Å². The lowest BCUT2D eigenvalue weighted by Crippen LogP contribution is -2.27. The van der Waals surface area contributed by atoms with Crippen LogP contribution >= 0.6 is 11.6 Å². The topological polar surface area (TPSA) is 0 Å². The van der Waals surface area contributed by atoms with Gasteiger partial charge in [0.05, 0.1) is 8.07 Å². The molecule has 0 unspecified atom stereocenters. The van der Waals surface area contributed by atoms with Gasteiger partial charge in [0.1, 0.15) is 0 Å². The Bertz CT molecular complexity index is 238. The fraction of sp³-hybridized carbons (Fsp3) is 0.636. The highest BCUT2D eigenvalue weighted by Crippen LogP contribution is 2.29. The summed E-state index contributed by atoms with van der Waals surface area (Å²) >= 11 is 5.73. The van der Waals surface area contributed by atoms with E-state index in [-0.39, 0.29) is 0 Å². The molecule has 0 heterocycles. The highest BCUT2D eigenvalue weighted by atomic mass is 35.5. The molecule has 1 aliphatic rings. The summed E-state index contributed by atoms with van der Waals surface area (Å²) in [7, 11) is -1.13. The van der Waals surface area contributed by atoms with E-state index in [1.54, 1.807) is 5.20 Å². The number of hydrogen-bond acceptors (Lipinski definition) is 0. The second-order valence-corrected chi connectivity index (χ2v) is 9.75. The predicted molar refractivity (Wildman–Crippen MR) is 64.1 cm³/mol. The second kappa shape index (κ2) is 4.47. The minimum Gasteiger partial charge on any atom is -0.127 e. The van der Waals surface area contributed by atoms with Gasteiger partial charge in [-0.05, 0) is 19.8 Å². The first-order chi connectivity index (χ1) is 6.06. The molecule has 0 spiro atoms. The molecule has 1 aliphatic carbocycles. The third-order valence-corrected chi connectivity index (χ3v) is 6.54. The van der Waals surface area contributed by atoms with Crippen LogP contribution in [0.5, 0.6) is 0 Å². The summed E-state index contributed by atoms with van der Waals surface area (Å²) in [6, 6.07) is 1.33. The molecule has 2 heteroatoms. The fourth-order valence-corrected chi connectivity index (χ4v) is 4.78. The summed E-state index contributed by atoms with van der Waals surface area (Å²) in [4.78, 5) is 0. The van der Waals surface area contributed by atoms with E-state index in [4.69, 9.17) is 11.6 Å². The first kappa shape index (κ1) is 11.1. The van der Waals surface area contributed by atoms with Gasteiger partial charge in [-0.1, -0.05) is 42.1 Å². The zero-order valence-corrected chi connectivity index (χ0v) is 10.6. The molecule has 0 fully saturated rings. The van der Waals surface area contributed by atoms with Gasteiger partial charge in [0, 0.05) is 5.88 Å². The van der Waals surface area contributed by atoms with Crippen LogP contribution in [0.2, 0.25) is 19.1 Å². The molecule has 0 nitrogen and oxygen atoms in total. The maximum Gasteiger partial charge on any atom is 0.0802 e. The van der Waals surface area contributed by atoms with E-state index in [0.29, 0.717) is 0 Å². The Labute approximate surface area is 87.7 Å². The first-order valence-corrected chi connectivity index (χ1v) is 8.74. The van der Waals surface area contributed by atoms with Crippen molar-refractivity contribution in [1.29, 1.82) is 0 Å². The van der Waals surface area contributed by atoms with E-state index in [2.05, 4.69) is 32.2 Å². The van der Waals surface area contributed by atoms with Crippen molar-refractivity contribution in [2.24, 2.45) is 0 Å². The molecule has 0 saturated carbocycles. The SMILES string of the molecule is CC1=CC([Si](C)(C)CCCCl)=CC1. The molecular weight excluding hydrogens is 196 g/mol. The van der Waals surface area contributed by atoms with Gasteiger partial charge >= 0.3 is 0 Å². The van der Waals surface area contributed by atoms with Crippen LogP contribution in [0.3, 0.4) is 0 Å². The molecule has 0 saturated heterocycles. The molecule has 0 amide bonds. The highest BCUT2D eigenvalue weighted by molar-refractivity contribution is 6.85. The van der Waals surface area contributed by atoms with Gasteiger partial charge in [-0.15, -0.1) is 11.6 Å². The summed E-state index contributed by atoms with van der Waals surface area (Å²) in [5.74, 6) is 0.812. The summed E-state index contributed by atoms with van der Waals surface area (Å²) in [6.45, 7) is 7.11. The Morgan fingerprint density at radius 3 is 2.62 bits per heavy atom. The Kier molecular flexibility index (Phi) is 3.81. The predicted octanol–water partition coefficient (Wildman–Crippen LogP) is 4.14. The van der Waals surface area contributed by atoms with Gasteiger partial charge in [0.2, 0.25) is 0 Å². The lowest BCUT2D eigenvalue weighted by Gasteiger charge is -2.22. The quantitative estimate of drug-likeness (QED) is 0.488. The van der Waals surface area contributed by atoms with Crippen LogP contribution in [-0.4, -0.2) is 14.0 Å². The Hall–Kier alpha value is -0.0131.